The van der Waals surface area contributed by atoms with Crippen LogP contribution in [0.3, 0.4) is 0 Å². The normalized spacial score (nSPS) is 21.3. The van der Waals surface area contributed by atoms with E-state index >= 15 is 0 Å². The number of amides is 1. The van der Waals surface area contributed by atoms with Crippen molar-refractivity contribution in [2.24, 2.45) is 5.92 Å². The van der Waals surface area contributed by atoms with Crippen molar-refractivity contribution in [2.45, 2.75) is 44.0 Å². The zero-order chi connectivity index (χ0) is 23.9. The molecule has 1 aliphatic heterocycles. The van der Waals surface area contributed by atoms with Gasteiger partial charge in [0, 0.05) is 49.4 Å². The van der Waals surface area contributed by atoms with E-state index in [0.717, 1.165) is 25.1 Å². The highest BCUT2D eigenvalue weighted by atomic mass is 32.2. The number of benzene rings is 1. The molecule has 3 heterocycles. The fourth-order valence-corrected chi connectivity index (χ4v) is 6.74. The van der Waals surface area contributed by atoms with Crippen molar-refractivity contribution in [2.75, 3.05) is 26.2 Å². The number of piperazine rings is 1. The monoisotopic (exact) mass is 483 g/mol. The average Bonchev–Trinajstić information content (AvgIpc) is 3.43. The minimum Gasteiger partial charge on any atom is -0.361 e. The molecule has 0 spiro atoms. The van der Waals surface area contributed by atoms with Crippen molar-refractivity contribution < 1.29 is 17.7 Å². The summed E-state index contributed by atoms with van der Waals surface area (Å²) in [6.45, 7) is 6.47. The minimum atomic E-state index is -3.93. The quantitative estimate of drug-likeness (QED) is 0.572. The third-order valence-electron chi connectivity index (χ3n) is 6.86. The maximum Gasteiger partial charge on any atom is 0.241 e. The number of carbonyl (C=O) groups is 1. The lowest BCUT2D eigenvalue weighted by atomic mass is 10.0. The van der Waals surface area contributed by atoms with E-state index in [1.54, 1.807) is 31.3 Å². The van der Waals surface area contributed by atoms with Crippen molar-refractivity contribution in [3.8, 4) is 11.1 Å². The summed E-state index contributed by atoms with van der Waals surface area (Å²) < 4.78 is 35.6. The fourth-order valence-electron chi connectivity index (χ4n) is 5.19. The van der Waals surface area contributed by atoms with E-state index in [-0.39, 0.29) is 16.7 Å². The van der Waals surface area contributed by atoms with Gasteiger partial charge in [0.15, 0.2) is 0 Å². The molecular weight excluding hydrogens is 454 g/mol. The van der Waals surface area contributed by atoms with E-state index in [1.165, 1.54) is 0 Å². The number of aromatic nitrogens is 2. The molecule has 2 aliphatic rings. The second kappa shape index (κ2) is 9.09. The first-order valence-corrected chi connectivity index (χ1v) is 13.2. The molecule has 1 amide bonds. The number of carbonyl (C=O) groups excluding carboxylic acids is 1. The zero-order valence-corrected chi connectivity index (χ0v) is 20.2. The molecule has 180 valence electrons. The van der Waals surface area contributed by atoms with Gasteiger partial charge in [-0.05, 0) is 56.5 Å². The molecule has 1 unspecified atom stereocenters. The maximum atomic E-state index is 13.7. The number of rotatable bonds is 5. The lowest BCUT2D eigenvalue weighted by Crippen LogP contribution is -2.51. The lowest BCUT2D eigenvalue weighted by Gasteiger charge is -2.31. The highest BCUT2D eigenvalue weighted by Gasteiger charge is 2.38. The van der Waals surface area contributed by atoms with Crippen LogP contribution in [0.25, 0.3) is 22.0 Å². The van der Waals surface area contributed by atoms with Crippen LogP contribution in [0, 0.1) is 19.8 Å². The van der Waals surface area contributed by atoms with Gasteiger partial charge in [0.25, 0.3) is 0 Å². The van der Waals surface area contributed by atoms with Crippen molar-refractivity contribution in [1.29, 1.82) is 0 Å². The summed E-state index contributed by atoms with van der Waals surface area (Å²) in [6, 6.07) is 6.56. The number of pyridine rings is 1. The smallest absolute Gasteiger partial charge is 0.241 e. The molecule has 0 bridgehead atoms. The molecule has 0 radical (unpaired) electrons. The van der Waals surface area contributed by atoms with Gasteiger partial charge in [-0.25, -0.2) is 13.1 Å². The SMILES string of the molecule is Cc1noc(C)c1-c1cc(S(=O)(=O)N[C@@H]2CCCC2C(=O)N2CCNCC2)c2cccnc2c1. The number of fused-ring (bicyclic) bond motifs is 1. The molecule has 2 fully saturated rings. The van der Waals surface area contributed by atoms with Gasteiger partial charge in [-0.1, -0.05) is 11.6 Å². The Hall–Kier alpha value is -2.82. The lowest BCUT2D eigenvalue weighted by molar-refractivity contribution is -0.136. The van der Waals surface area contributed by atoms with Crippen LogP contribution in [0.2, 0.25) is 0 Å². The molecule has 10 heteroatoms. The molecule has 3 aromatic rings. The van der Waals surface area contributed by atoms with E-state index in [1.807, 2.05) is 17.9 Å². The van der Waals surface area contributed by atoms with Gasteiger partial charge in [0.1, 0.15) is 5.76 Å². The molecule has 1 aliphatic carbocycles. The van der Waals surface area contributed by atoms with Crippen LogP contribution in [0.5, 0.6) is 0 Å². The van der Waals surface area contributed by atoms with Gasteiger partial charge < -0.3 is 14.7 Å². The van der Waals surface area contributed by atoms with Crippen LogP contribution in [-0.2, 0) is 14.8 Å². The number of hydrogen-bond donors (Lipinski definition) is 2. The van der Waals surface area contributed by atoms with Crippen LogP contribution in [0.4, 0.5) is 0 Å². The van der Waals surface area contributed by atoms with E-state index < -0.39 is 16.1 Å². The molecule has 2 N–H and O–H groups in total. The summed E-state index contributed by atoms with van der Waals surface area (Å²) in [5, 5.41) is 7.80. The van der Waals surface area contributed by atoms with Gasteiger partial charge >= 0.3 is 0 Å². The highest BCUT2D eigenvalue weighted by molar-refractivity contribution is 7.89. The second-order valence-corrected chi connectivity index (χ2v) is 10.8. The first-order chi connectivity index (χ1) is 16.3. The summed E-state index contributed by atoms with van der Waals surface area (Å²) in [5.41, 5.74) is 2.70. The van der Waals surface area contributed by atoms with Gasteiger partial charge in [-0.15, -0.1) is 0 Å². The van der Waals surface area contributed by atoms with E-state index in [9.17, 15) is 13.2 Å². The Morgan fingerprint density at radius 2 is 2.00 bits per heavy atom. The Bertz CT molecular complexity index is 1310. The van der Waals surface area contributed by atoms with Crippen LogP contribution in [0.1, 0.15) is 30.7 Å². The second-order valence-electron chi connectivity index (χ2n) is 9.08. The van der Waals surface area contributed by atoms with Crippen molar-refractivity contribution >= 4 is 26.8 Å². The Kier molecular flexibility index (Phi) is 6.13. The molecular formula is C24H29N5O4S. The van der Waals surface area contributed by atoms with Crippen molar-refractivity contribution in [1.82, 2.24) is 25.1 Å². The van der Waals surface area contributed by atoms with Crippen LogP contribution >= 0.6 is 0 Å². The largest absolute Gasteiger partial charge is 0.361 e. The van der Waals surface area contributed by atoms with Gasteiger partial charge in [0.05, 0.1) is 22.0 Å². The standard InChI is InChI=1S/C24H29N5O4S/c1-15-23(16(2)33-27-15)17-13-21-18(6-4-8-26-21)22(14-17)34(31,32)28-20-7-3-5-19(20)24(30)29-11-9-25-10-12-29/h4,6,8,13-14,19-20,25,28H,3,5,7,9-12H2,1-2H3/t19?,20-/m1/s1. The number of sulfonamides is 1. The van der Waals surface area contributed by atoms with Crippen molar-refractivity contribution in [3.63, 3.8) is 0 Å². The molecule has 2 atom stereocenters. The summed E-state index contributed by atoms with van der Waals surface area (Å²) in [6.07, 6.45) is 3.79. The summed E-state index contributed by atoms with van der Waals surface area (Å²) >= 11 is 0. The molecule has 1 saturated carbocycles. The van der Waals surface area contributed by atoms with Crippen LogP contribution in [-0.4, -0.2) is 61.6 Å². The molecule has 2 aromatic heterocycles. The predicted octanol–water partition coefficient (Wildman–Crippen LogP) is 2.39. The predicted molar refractivity (Wildman–Crippen MR) is 128 cm³/mol. The Morgan fingerprint density at radius 3 is 2.74 bits per heavy atom. The minimum absolute atomic E-state index is 0.0442. The third kappa shape index (κ3) is 4.21. The molecule has 1 aromatic carbocycles. The zero-order valence-electron chi connectivity index (χ0n) is 19.4. The summed E-state index contributed by atoms with van der Waals surface area (Å²) in [5.74, 6) is 0.312. The number of aryl methyl sites for hydroxylation is 2. The van der Waals surface area contributed by atoms with E-state index in [4.69, 9.17) is 4.52 Å². The van der Waals surface area contributed by atoms with E-state index in [2.05, 4.69) is 20.2 Å². The van der Waals surface area contributed by atoms with Gasteiger partial charge in [0.2, 0.25) is 15.9 Å². The Morgan fingerprint density at radius 1 is 1.21 bits per heavy atom. The Labute approximate surface area is 199 Å². The molecule has 1 saturated heterocycles. The molecule has 5 rings (SSSR count). The number of nitrogens with zero attached hydrogens (tertiary/aromatic N) is 3. The maximum absolute atomic E-state index is 13.7. The summed E-state index contributed by atoms with van der Waals surface area (Å²) in [7, 11) is -3.93. The van der Waals surface area contributed by atoms with Crippen LogP contribution in [0.15, 0.2) is 39.9 Å². The average molecular weight is 484 g/mol. The highest BCUT2D eigenvalue weighted by Crippen LogP contribution is 2.34. The fraction of sp³-hybridized carbons (Fsp3) is 0.458. The first kappa shape index (κ1) is 22.9. The molecule has 34 heavy (non-hydrogen) atoms. The first-order valence-electron chi connectivity index (χ1n) is 11.7. The van der Waals surface area contributed by atoms with E-state index in [0.29, 0.717) is 53.9 Å². The van der Waals surface area contributed by atoms with Crippen molar-refractivity contribution in [3.05, 3.63) is 41.9 Å². The third-order valence-corrected chi connectivity index (χ3v) is 8.39. The van der Waals surface area contributed by atoms with Crippen LogP contribution < -0.4 is 10.0 Å². The number of hydrogen-bond acceptors (Lipinski definition) is 7. The Balaban J connectivity index is 1.50. The van der Waals surface area contributed by atoms with Gasteiger partial charge in [-0.2, -0.15) is 0 Å². The number of nitrogens with one attached hydrogen (secondary N) is 2. The van der Waals surface area contributed by atoms with Gasteiger partial charge in [-0.3, -0.25) is 9.78 Å². The summed E-state index contributed by atoms with van der Waals surface area (Å²) in [4.78, 5) is 19.6. The topological polar surface area (TPSA) is 117 Å². The molecule has 9 nitrogen and oxygen atoms in total.